The van der Waals surface area contributed by atoms with E-state index < -0.39 is 0 Å². The van der Waals surface area contributed by atoms with Crippen LogP contribution in [-0.4, -0.2) is 25.1 Å². The fraction of sp³-hybridized carbons (Fsp3) is 0.400. The van der Waals surface area contributed by atoms with Gasteiger partial charge in [-0.2, -0.15) is 0 Å². The van der Waals surface area contributed by atoms with Crippen molar-refractivity contribution in [3.8, 4) is 0 Å². The monoisotopic (exact) mass is 302 g/mol. The van der Waals surface area contributed by atoms with Gasteiger partial charge in [-0.25, -0.2) is 4.63 Å². The Morgan fingerprint density at radius 3 is 2.79 bits per heavy atom. The first-order valence-corrected chi connectivity index (χ1v) is 6.38. The topological polar surface area (TPSA) is 95.7 Å². The van der Waals surface area contributed by atoms with Gasteiger partial charge in [0, 0.05) is 12.3 Å². The lowest BCUT2D eigenvalue weighted by atomic mass is 10.4. The molecule has 0 bridgehead atoms. The molecule has 0 aliphatic rings. The molecule has 0 amide bonds. The van der Waals surface area contributed by atoms with E-state index in [0.29, 0.717) is 18.8 Å². The molecule has 0 aliphatic carbocycles. The van der Waals surface area contributed by atoms with Crippen LogP contribution in [-0.2, 0) is 18.8 Å². The molecule has 0 radical (unpaired) electrons. The van der Waals surface area contributed by atoms with E-state index in [4.69, 9.17) is 5.73 Å². The highest BCUT2D eigenvalue weighted by atomic mass is 35.5. The molecule has 2 aromatic rings. The lowest BCUT2D eigenvalue weighted by molar-refractivity contribution is 0.302. The van der Waals surface area contributed by atoms with Crippen LogP contribution in [0.15, 0.2) is 22.4 Å². The van der Waals surface area contributed by atoms with Gasteiger partial charge in [-0.1, -0.05) is 28.2 Å². The van der Waals surface area contributed by atoms with Gasteiger partial charge in [0.1, 0.15) is 17.2 Å². The average Bonchev–Trinajstić information content (AvgIpc) is 2.94. The van der Waals surface area contributed by atoms with Crippen molar-refractivity contribution in [1.29, 1.82) is 0 Å². The van der Waals surface area contributed by atoms with Crippen LogP contribution in [0.25, 0.3) is 0 Å². The van der Waals surface area contributed by atoms with Crippen molar-refractivity contribution < 1.29 is 4.63 Å². The SMILES string of the molecule is C=CCn1c(CN)nnc1SCc1nonc1C.Cl. The number of rotatable bonds is 6. The van der Waals surface area contributed by atoms with Crippen molar-refractivity contribution in [2.45, 2.75) is 30.9 Å². The second-order valence-electron chi connectivity index (χ2n) is 3.59. The second kappa shape index (κ2) is 7.27. The average molecular weight is 303 g/mol. The van der Waals surface area contributed by atoms with Gasteiger partial charge in [0.2, 0.25) is 0 Å². The summed E-state index contributed by atoms with van der Waals surface area (Å²) in [6.45, 7) is 6.56. The van der Waals surface area contributed by atoms with E-state index in [-0.39, 0.29) is 12.4 Å². The molecular weight excluding hydrogens is 288 g/mol. The van der Waals surface area contributed by atoms with Gasteiger partial charge in [-0.3, -0.25) is 0 Å². The first kappa shape index (κ1) is 15.7. The lowest BCUT2D eigenvalue weighted by Crippen LogP contribution is -2.08. The summed E-state index contributed by atoms with van der Waals surface area (Å²) in [7, 11) is 0. The van der Waals surface area contributed by atoms with Crippen LogP contribution in [0.4, 0.5) is 0 Å². The van der Waals surface area contributed by atoms with Gasteiger partial charge in [0.15, 0.2) is 5.16 Å². The van der Waals surface area contributed by atoms with Gasteiger partial charge < -0.3 is 10.3 Å². The maximum absolute atomic E-state index is 5.60. The summed E-state index contributed by atoms with van der Waals surface area (Å²) in [5.74, 6) is 1.38. The second-order valence-corrected chi connectivity index (χ2v) is 4.53. The predicted molar refractivity (Wildman–Crippen MR) is 74.0 cm³/mol. The van der Waals surface area contributed by atoms with Crippen molar-refractivity contribution in [3.05, 3.63) is 29.9 Å². The number of aromatic nitrogens is 5. The third kappa shape index (κ3) is 3.55. The van der Waals surface area contributed by atoms with Crippen LogP contribution in [0, 0.1) is 6.92 Å². The Kier molecular flexibility index (Phi) is 6.00. The number of nitrogens with two attached hydrogens (primary N) is 1. The van der Waals surface area contributed by atoms with Crippen LogP contribution in [0.5, 0.6) is 0 Å². The molecule has 2 N–H and O–H groups in total. The molecule has 0 saturated carbocycles. The third-order valence-corrected chi connectivity index (χ3v) is 3.35. The summed E-state index contributed by atoms with van der Waals surface area (Å²) in [4.78, 5) is 0. The number of aryl methyl sites for hydroxylation is 1. The predicted octanol–water partition coefficient (Wildman–Crippen LogP) is 1.33. The fourth-order valence-electron chi connectivity index (χ4n) is 1.40. The number of halogens is 1. The number of thioether (sulfide) groups is 1. The van der Waals surface area contributed by atoms with E-state index in [1.165, 1.54) is 11.8 Å². The van der Waals surface area contributed by atoms with Gasteiger partial charge in [-0.15, -0.1) is 29.2 Å². The highest BCUT2D eigenvalue weighted by Crippen LogP contribution is 2.22. The number of allylic oxidation sites excluding steroid dienone is 1. The molecular formula is C10H15ClN6OS. The highest BCUT2D eigenvalue weighted by Gasteiger charge is 2.12. The van der Waals surface area contributed by atoms with Crippen molar-refractivity contribution in [3.63, 3.8) is 0 Å². The van der Waals surface area contributed by atoms with Crippen molar-refractivity contribution in [2.24, 2.45) is 5.73 Å². The molecule has 2 rings (SSSR count). The first-order chi connectivity index (χ1) is 8.76. The van der Waals surface area contributed by atoms with E-state index in [0.717, 1.165) is 22.4 Å². The summed E-state index contributed by atoms with van der Waals surface area (Å²) in [5.41, 5.74) is 7.20. The molecule has 2 aromatic heterocycles. The van der Waals surface area contributed by atoms with Gasteiger partial charge in [-0.05, 0) is 6.92 Å². The molecule has 0 saturated heterocycles. The Morgan fingerprint density at radius 2 is 2.21 bits per heavy atom. The highest BCUT2D eigenvalue weighted by molar-refractivity contribution is 7.98. The summed E-state index contributed by atoms with van der Waals surface area (Å²) in [6.07, 6.45) is 1.79. The Balaban J connectivity index is 0.00000180. The molecule has 0 atom stereocenters. The van der Waals surface area contributed by atoms with Crippen molar-refractivity contribution >= 4 is 24.2 Å². The van der Waals surface area contributed by atoms with Gasteiger partial charge >= 0.3 is 0 Å². The summed E-state index contributed by atoms with van der Waals surface area (Å²) in [6, 6.07) is 0. The minimum atomic E-state index is 0. The van der Waals surface area contributed by atoms with E-state index in [2.05, 4.69) is 31.7 Å². The fourth-order valence-corrected chi connectivity index (χ4v) is 2.36. The van der Waals surface area contributed by atoms with E-state index in [9.17, 15) is 0 Å². The largest absolute Gasteiger partial charge is 0.324 e. The smallest absolute Gasteiger partial charge is 0.191 e. The van der Waals surface area contributed by atoms with Crippen LogP contribution in [0.2, 0.25) is 0 Å². The molecule has 0 spiro atoms. The van der Waals surface area contributed by atoms with Crippen molar-refractivity contribution in [1.82, 2.24) is 25.1 Å². The minimum absolute atomic E-state index is 0. The van der Waals surface area contributed by atoms with Crippen LogP contribution in [0.1, 0.15) is 17.2 Å². The normalized spacial score (nSPS) is 10.2. The summed E-state index contributed by atoms with van der Waals surface area (Å²) >= 11 is 1.52. The molecule has 19 heavy (non-hydrogen) atoms. The molecule has 0 aliphatic heterocycles. The van der Waals surface area contributed by atoms with Gasteiger partial charge in [0.05, 0.1) is 6.54 Å². The zero-order valence-electron chi connectivity index (χ0n) is 10.4. The number of nitrogens with zero attached hydrogens (tertiary/aromatic N) is 5. The molecule has 104 valence electrons. The standard InChI is InChI=1S/C10H14N6OS.ClH/c1-3-4-16-9(5-11)12-13-10(16)18-6-8-7(2)14-17-15-8;/h3H,1,4-6,11H2,2H3;1H. The Labute approximate surface area is 121 Å². The van der Waals surface area contributed by atoms with Crippen molar-refractivity contribution in [2.75, 3.05) is 0 Å². The molecule has 0 aromatic carbocycles. The van der Waals surface area contributed by atoms with Gasteiger partial charge in [0.25, 0.3) is 0 Å². The lowest BCUT2D eigenvalue weighted by Gasteiger charge is -2.05. The molecule has 9 heteroatoms. The molecule has 0 unspecified atom stereocenters. The molecule has 2 heterocycles. The quantitative estimate of drug-likeness (QED) is 0.635. The van der Waals surface area contributed by atoms with E-state index >= 15 is 0 Å². The zero-order valence-corrected chi connectivity index (χ0v) is 12.1. The Bertz CT molecular complexity index is 540. The maximum Gasteiger partial charge on any atom is 0.191 e. The number of hydrogen-bond donors (Lipinski definition) is 1. The van der Waals surface area contributed by atoms with E-state index in [1.807, 2.05) is 11.5 Å². The summed E-state index contributed by atoms with van der Waals surface area (Å²) < 4.78 is 6.58. The summed E-state index contributed by atoms with van der Waals surface area (Å²) in [5, 5.41) is 16.5. The Morgan fingerprint density at radius 1 is 1.42 bits per heavy atom. The third-order valence-electron chi connectivity index (χ3n) is 2.37. The van der Waals surface area contributed by atoms with E-state index in [1.54, 1.807) is 6.08 Å². The Hall–Kier alpha value is -1.38. The van der Waals surface area contributed by atoms with Crippen LogP contribution in [0.3, 0.4) is 0 Å². The van der Waals surface area contributed by atoms with Crippen LogP contribution < -0.4 is 5.73 Å². The zero-order chi connectivity index (χ0) is 13.0. The first-order valence-electron chi connectivity index (χ1n) is 5.40. The minimum Gasteiger partial charge on any atom is -0.324 e. The van der Waals surface area contributed by atoms with Crippen LogP contribution >= 0.6 is 24.2 Å². The molecule has 0 fully saturated rings. The molecule has 7 nitrogen and oxygen atoms in total. The number of hydrogen-bond acceptors (Lipinski definition) is 7. The maximum atomic E-state index is 5.60.